The van der Waals surface area contributed by atoms with Gasteiger partial charge in [0.05, 0.1) is 31.5 Å². The van der Waals surface area contributed by atoms with Crippen LogP contribution in [0.15, 0.2) is 29.2 Å². The maximum absolute atomic E-state index is 12.8. The third-order valence-electron chi connectivity index (χ3n) is 4.37. The largest absolute Gasteiger partial charge is 0.460 e. The molecule has 0 aliphatic heterocycles. The topological polar surface area (TPSA) is 88.1 Å². The van der Waals surface area contributed by atoms with Gasteiger partial charge in [0.1, 0.15) is 11.5 Å². The van der Waals surface area contributed by atoms with E-state index in [-0.39, 0.29) is 23.7 Å². The Bertz CT molecular complexity index is 688. The van der Waals surface area contributed by atoms with Gasteiger partial charge in [0.2, 0.25) is 0 Å². The summed E-state index contributed by atoms with van der Waals surface area (Å²) >= 11 is 0. The SMILES string of the molecule is CCCCCCC(CC)OS(=O)(=O)c1ccccc1C(=O)OCCOCCOC. The Balaban J connectivity index is 2.72. The molecule has 0 fully saturated rings. The minimum Gasteiger partial charge on any atom is -0.460 e. The highest BCUT2D eigenvalue weighted by atomic mass is 32.2. The molecule has 1 unspecified atom stereocenters. The summed E-state index contributed by atoms with van der Waals surface area (Å²) in [5.74, 6) is -0.723. The number of hydrogen-bond donors (Lipinski definition) is 0. The second kappa shape index (κ2) is 14.5. The van der Waals surface area contributed by atoms with E-state index < -0.39 is 22.2 Å². The van der Waals surface area contributed by atoms with Crippen LogP contribution in [0.1, 0.15) is 62.7 Å². The number of carbonyl (C=O) groups excluding carboxylic acids is 1. The van der Waals surface area contributed by atoms with Gasteiger partial charge in [-0.1, -0.05) is 51.7 Å². The Kier molecular flexibility index (Phi) is 12.8. The zero-order valence-electron chi connectivity index (χ0n) is 17.7. The lowest BCUT2D eigenvalue weighted by Crippen LogP contribution is -2.21. The summed E-state index contributed by atoms with van der Waals surface area (Å²) in [6.45, 7) is 5.08. The summed E-state index contributed by atoms with van der Waals surface area (Å²) in [6.07, 6.45) is 5.03. The van der Waals surface area contributed by atoms with Crippen molar-refractivity contribution in [2.75, 3.05) is 33.5 Å². The third kappa shape index (κ3) is 9.71. The smallest absolute Gasteiger partial charge is 0.339 e. The van der Waals surface area contributed by atoms with Gasteiger partial charge in [0.25, 0.3) is 10.1 Å². The van der Waals surface area contributed by atoms with Crippen molar-refractivity contribution in [2.45, 2.75) is 63.4 Å². The maximum Gasteiger partial charge on any atom is 0.339 e. The van der Waals surface area contributed by atoms with Crippen LogP contribution in [-0.2, 0) is 28.5 Å². The van der Waals surface area contributed by atoms with Crippen LogP contribution >= 0.6 is 0 Å². The van der Waals surface area contributed by atoms with Crippen LogP contribution in [0.4, 0.5) is 0 Å². The Morgan fingerprint density at radius 2 is 1.72 bits per heavy atom. The van der Waals surface area contributed by atoms with Crippen LogP contribution in [0.5, 0.6) is 0 Å². The molecule has 7 nitrogen and oxygen atoms in total. The van der Waals surface area contributed by atoms with Gasteiger partial charge in [0, 0.05) is 7.11 Å². The second-order valence-corrected chi connectivity index (χ2v) is 8.21. The van der Waals surface area contributed by atoms with Gasteiger partial charge < -0.3 is 14.2 Å². The first-order valence-electron chi connectivity index (χ1n) is 10.2. The van der Waals surface area contributed by atoms with Crippen LogP contribution in [-0.4, -0.2) is 54.0 Å². The molecular formula is C21H34O7S. The molecule has 29 heavy (non-hydrogen) atoms. The molecule has 0 amide bonds. The number of esters is 1. The van der Waals surface area contributed by atoms with Crippen molar-refractivity contribution in [1.82, 2.24) is 0 Å². The summed E-state index contributed by atoms with van der Waals surface area (Å²) in [4.78, 5) is 12.2. The molecule has 0 radical (unpaired) electrons. The van der Waals surface area contributed by atoms with Crippen molar-refractivity contribution in [1.29, 1.82) is 0 Å². The van der Waals surface area contributed by atoms with Crippen molar-refractivity contribution in [3.8, 4) is 0 Å². The molecule has 1 aromatic rings. The van der Waals surface area contributed by atoms with E-state index in [9.17, 15) is 13.2 Å². The van der Waals surface area contributed by atoms with Gasteiger partial charge in [0.15, 0.2) is 0 Å². The van der Waals surface area contributed by atoms with Crippen LogP contribution in [0, 0.1) is 0 Å². The highest BCUT2D eigenvalue weighted by Gasteiger charge is 2.26. The zero-order chi connectivity index (χ0) is 21.5. The van der Waals surface area contributed by atoms with Crippen molar-refractivity contribution in [2.24, 2.45) is 0 Å². The van der Waals surface area contributed by atoms with Gasteiger partial charge in [-0.15, -0.1) is 0 Å². The summed E-state index contributed by atoms with van der Waals surface area (Å²) in [6, 6.07) is 5.94. The number of ether oxygens (including phenoxy) is 3. The highest BCUT2D eigenvalue weighted by molar-refractivity contribution is 7.86. The molecule has 0 N–H and O–H groups in total. The lowest BCUT2D eigenvalue weighted by Gasteiger charge is -2.17. The Morgan fingerprint density at radius 1 is 1.00 bits per heavy atom. The lowest BCUT2D eigenvalue weighted by atomic mass is 10.1. The molecule has 0 aliphatic rings. The van der Waals surface area contributed by atoms with Crippen LogP contribution in [0.3, 0.4) is 0 Å². The van der Waals surface area contributed by atoms with Crippen LogP contribution in [0.2, 0.25) is 0 Å². The molecule has 0 saturated carbocycles. The molecule has 1 atom stereocenters. The second-order valence-electron chi connectivity index (χ2n) is 6.67. The minimum absolute atomic E-state index is 0.0206. The van der Waals surface area contributed by atoms with Crippen molar-refractivity contribution in [3.63, 3.8) is 0 Å². The zero-order valence-corrected chi connectivity index (χ0v) is 18.5. The first-order chi connectivity index (χ1) is 14.0. The maximum atomic E-state index is 12.8. The molecule has 166 valence electrons. The average molecular weight is 431 g/mol. The summed E-state index contributed by atoms with van der Waals surface area (Å²) < 4.78 is 46.3. The predicted molar refractivity (Wildman–Crippen MR) is 111 cm³/mol. The Morgan fingerprint density at radius 3 is 2.41 bits per heavy atom. The third-order valence-corrected chi connectivity index (χ3v) is 5.79. The number of methoxy groups -OCH3 is 1. The summed E-state index contributed by atoms with van der Waals surface area (Å²) in [7, 11) is -2.51. The van der Waals surface area contributed by atoms with Crippen molar-refractivity contribution >= 4 is 16.1 Å². The molecule has 0 saturated heterocycles. The van der Waals surface area contributed by atoms with E-state index in [1.165, 1.54) is 12.1 Å². The molecule has 0 spiro atoms. The number of unbranched alkanes of at least 4 members (excludes halogenated alkanes) is 3. The number of carbonyl (C=O) groups is 1. The van der Waals surface area contributed by atoms with Crippen LogP contribution < -0.4 is 0 Å². The molecule has 8 heteroatoms. The van der Waals surface area contributed by atoms with Gasteiger partial charge in [-0.3, -0.25) is 4.18 Å². The average Bonchev–Trinajstić information content (AvgIpc) is 2.72. The van der Waals surface area contributed by atoms with Crippen molar-refractivity contribution < 1.29 is 31.6 Å². The van der Waals surface area contributed by atoms with E-state index in [1.54, 1.807) is 19.2 Å². The fourth-order valence-electron chi connectivity index (χ4n) is 2.72. The minimum atomic E-state index is -4.08. The normalized spacial score (nSPS) is 12.7. The highest BCUT2D eigenvalue weighted by Crippen LogP contribution is 2.23. The molecule has 0 bridgehead atoms. The standard InChI is InChI=1S/C21H34O7S/c1-4-6-7-8-11-18(5-2)28-29(23,24)20-13-10-9-12-19(20)21(22)27-17-16-26-15-14-25-3/h9-10,12-13,18H,4-8,11,14-17H2,1-3H3. The fraction of sp³-hybridized carbons (Fsp3) is 0.667. The Hall–Kier alpha value is -1.48. The first kappa shape index (κ1) is 25.6. The molecule has 1 rings (SSSR count). The van der Waals surface area contributed by atoms with Crippen LogP contribution in [0.25, 0.3) is 0 Å². The Labute approximate surface area is 174 Å². The summed E-state index contributed by atoms with van der Waals surface area (Å²) in [5, 5.41) is 0. The molecule has 0 heterocycles. The predicted octanol–water partition coefficient (Wildman–Crippen LogP) is 3.96. The van der Waals surface area contributed by atoms with E-state index in [0.717, 1.165) is 25.7 Å². The lowest BCUT2D eigenvalue weighted by molar-refractivity contribution is 0.0210. The summed E-state index contributed by atoms with van der Waals surface area (Å²) in [5.41, 5.74) is -0.0368. The molecule has 0 aliphatic carbocycles. The van der Waals surface area contributed by atoms with Gasteiger partial charge in [-0.25, -0.2) is 4.79 Å². The quantitative estimate of drug-likeness (QED) is 0.223. The van der Waals surface area contributed by atoms with Gasteiger partial charge in [-0.2, -0.15) is 8.42 Å². The van der Waals surface area contributed by atoms with Crippen molar-refractivity contribution in [3.05, 3.63) is 29.8 Å². The number of hydrogen-bond acceptors (Lipinski definition) is 7. The van der Waals surface area contributed by atoms with Gasteiger partial charge >= 0.3 is 5.97 Å². The molecule has 0 aromatic heterocycles. The van der Waals surface area contributed by atoms with E-state index in [1.807, 2.05) is 6.92 Å². The van der Waals surface area contributed by atoms with E-state index in [2.05, 4.69) is 6.92 Å². The van der Waals surface area contributed by atoms with E-state index in [0.29, 0.717) is 26.1 Å². The first-order valence-corrected chi connectivity index (χ1v) is 11.6. The number of benzene rings is 1. The molecular weight excluding hydrogens is 396 g/mol. The van der Waals surface area contributed by atoms with E-state index >= 15 is 0 Å². The molecule has 1 aromatic carbocycles. The number of rotatable bonds is 16. The van der Waals surface area contributed by atoms with E-state index in [4.69, 9.17) is 18.4 Å². The monoisotopic (exact) mass is 430 g/mol. The fourth-order valence-corrected chi connectivity index (χ4v) is 4.08. The van der Waals surface area contributed by atoms with Gasteiger partial charge in [-0.05, 0) is 25.0 Å².